The molecular formula is C13H24N6S. The van der Waals surface area contributed by atoms with Gasteiger partial charge in [0.25, 0.3) is 0 Å². The summed E-state index contributed by atoms with van der Waals surface area (Å²) in [5.41, 5.74) is 0. The quantitative estimate of drug-likeness (QED) is 0.833. The van der Waals surface area contributed by atoms with E-state index in [0.717, 1.165) is 13.1 Å². The lowest BCUT2D eigenvalue weighted by Gasteiger charge is -2.23. The summed E-state index contributed by atoms with van der Waals surface area (Å²) in [5, 5.41) is 6.52. The predicted octanol–water partition coefficient (Wildman–Crippen LogP) is 2.07. The Morgan fingerprint density at radius 1 is 1.20 bits per heavy atom. The minimum Gasteiger partial charge on any atom is -0.354 e. The molecule has 1 aromatic heterocycles. The fourth-order valence-corrected chi connectivity index (χ4v) is 3.37. The van der Waals surface area contributed by atoms with Gasteiger partial charge in [0.2, 0.25) is 17.8 Å². The normalized spacial score (nSPS) is 21.8. The summed E-state index contributed by atoms with van der Waals surface area (Å²) < 4.78 is 0.295. The summed E-state index contributed by atoms with van der Waals surface area (Å²) in [5.74, 6) is 3.19. The summed E-state index contributed by atoms with van der Waals surface area (Å²) in [6, 6.07) is 0. The summed E-state index contributed by atoms with van der Waals surface area (Å²) >= 11 is 2.03. The van der Waals surface area contributed by atoms with E-state index < -0.39 is 0 Å². The fraction of sp³-hybridized carbons (Fsp3) is 0.769. The number of hydrogen-bond acceptors (Lipinski definition) is 7. The largest absolute Gasteiger partial charge is 0.354 e. The standard InChI is InChI=1S/C13H24N6S/c1-5-14-10-16-11(18-12(17-10)19(3)4)15-9-13(2)7-6-8-20-13/h5-9H2,1-4H3,(H2,14,15,16,17,18). The van der Waals surface area contributed by atoms with Gasteiger partial charge in [-0.1, -0.05) is 0 Å². The van der Waals surface area contributed by atoms with Crippen LogP contribution >= 0.6 is 11.8 Å². The van der Waals surface area contributed by atoms with Crippen molar-refractivity contribution in [2.75, 3.05) is 48.5 Å². The zero-order valence-electron chi connectivity index (χ0n) is 12.7. The Morgan fingerprint density at radius 3 is 2.45 bits per heavy atom. The van der Waals surface area contributed by atoms with Crippen molar-refractivity contribution in [3.63, 3.8) is 0 Å². The van der Waals surface area contributed by atoms with Crippen LogP contribution < -0.4 is 15.5 Å². The molecule has 7 heteroatoms. The Labute approximate surface area is 125 Å². The topological polar surface area (TPSA) is 66.0 Å². The minimum absolute atomic E-state index is 0.295. The molecule has 6 nitrogen and oxygen atoms in total. The lowest BCUT2D eigenvalue weighted by Crippen LogP contribution is -2.28. The van der Waals surface area contributed by atoms with Crippen LogP contribution in [-0.2, 0) is 0 Å². The third-order valence-electron chi connectivity index (χ3n) is 3.28. The van der Waals surface area contributed by atoms with Crippen molar-refractivity contribution >= 4 is 29.6 Å². The Hall–Kier alpha value is -1.24. The average Bonchev–Trinajstić information content (AvgIpc) is 2.84. The number of nitrogens with zero attached hydrogens (tertiary/aromatic N) is 4. The van der Waals surface area contributed by atoms with E-state index >= 15 is 0 Å². The molecule has 0 aromatic carbocycles. The lowest BCUT2D eigenvalue weighted by atomic mass is 10.1. The van der Waals surface area contributed by atoms with Gasteiger partial charge in [-0.3, -0.25) is 0 Å². The smallest absolute Gasteiger partial charge is 0.231 e. The molecule has 2 rings (SSSR count). The lowest BCUT2D eigenvalue weighted by molar-refractivity contribution is 0.632. The molecule has 0 radical (unpaired) electrons. The highest BCUT2D eigenvalue weighted by molar-refractivity contribution is 8.00. The van der Waals surface area contributed by atoms with E-state index in [4.69, 9.17) is 0 Å². The first-order chi connectivity index (χ1) is 9.52. The van der Waals surface area contributed by atoms with Gasteiger partial charge in [-0.15, -0.1) is 0 Å². The molecule has 2 N–H and O–H groups in total. The van der Waals surface area contributed by atoms with Crippen molar-refractivity contribution < 1.29 is 0 Å². The minimum atomic E-state index is 0.295. The second kappa shape index (κ2) is 6.47. The van der Waals surface area contributed by atoms with Gasteiger partial charge in [0.15, 0.2) is 0 Å². The van der Waals surface area contributed by atoms with Gasteiger partial charge in [0, 0.05) is 31.9 Å². The first kappa shape index (κ1) is 15.2. The number of thioether (sulfide) groups is 1. The molecule has 2 heterocycles. The first-order valence-electron chi connectivity index (χ1n) is 7.07. The number of nitrogens with one attached hydrogen (secondary N) is 2. The number of anilines is 3. The maximum atomic E-state index is 4.45. The van der Waals surface area contributed by atoms with Crippen molar-refractivity contribution in [1.29, 1.82) is 0 Å². The zero-order chi connectivity index (χ0) is 14.6. The molecule has 0 amide bonds. The van der Waals surface area contributed by atoms with Crippen molar-refractivity contribution in [1.82, 2.24) is 15.0 Å². The van der Waals surface area contributed by atoms with E-state index in [2.05, 4.69) is 32.5 Å². The third-order valence-corrected chi connectivity index (χ3v) is 4.82. The van der Waals surface area contributed by atoms with Crippen molar-refractivity contribution in [3.05, 3.63) is 0 Å². The number of rotatable bonds is 6. The second-order valence-electron chi connectivity index (χ2n) is 5.46. The number of aromatic nitrogens is 3. The Balaban J connectivity index is 2.09. The molecule has 0 bridgehead atoms. The molecule has 1 unspecified atom stereocenters. The van der Waals surface area contributed by atoms with Gasteiger partial charge in [-0.25, -0.2) is 0 Å². The van der Waals surface area contributed by atoms with Gasteiger partial charge in [-0.05, 0) is 32.4 Å². The molecule has 1 saturated heterocycles. The Morgan fingerprint density at radius 2 is 1.90 bits per heavy atom. The number of hydrogen-bond donors (Lipinski definition) is 2. The summed E-state index contributed by atoms with van der Waals surface area (Å²) in [4.78, 5) is 15.1. The molecule has 112 valence electrons. The maximum Gasteiger partial charge on any atom is 0.231 e. The molecule has 20 heavy (non-hydrogen) atoms. The van der Waals surface area contributed by atoms with Crippen LogP contribution in [0, 0.1) is 0 Å². The second-order valence-corrected chi connectivity index (χ2v) is 7.15. The van der Waals surface area contributed by atoms with Crippen LogP contribution in [0.3, 0.4) is 0 Å². The Bertz CT molecular complexity index is 444. The molecule has 0 saturated carbocycles. The predicted molar refractivity (Wildman–Crippen MR) is 86.9 cm³/mol. The molecular weight excluding hydrogens is 272 g/mol. The highest BCUT2D eigenvalue weighted by atomic mass is 32.2. The molecule has 1 aliphatic rings. The molecule has 0 aliphatic carbocycles. The summed E-state index contributed by atoms with van der Waals surface area (Å²) in [6.45, 7) is 6.02. The Kier molecular flexibility index (Phi) is 4.91. The summed E-state index contributed by atoms with van der Waals surface area (Å²) in [7, 11) is 3.87. The van der Waals surface area contributed by atoms with Crippen LogP contribution in [0.1, 0.15) is 26.7 Å². The molecule has 1 atom stereocenters. The van der Waals surface area contributed by atoms with E-state index in [1.54, 1.807) is 0 Å². The molecule has 1 aliphatic heterocycles. The van der Waals surface area contributed by atoms with E-state index in [0.29, 0.717) is 22.6 Å². The van der Waals surface area contributed by atoms with Crippen LogP contribution in [-0.4, -0.2) is 52.6 Å². The maximum absolute atomic E-state index is 4.45. The van der Waals surface area contributed by atoms with Crippen molar-refractivity contribution in [2.24, 2.45) is 0 Å². The van der Waals surface area contributed by atoms with E-state index in [1.807, 2.05) is 37.7 Å². The van der Waals surface area contributed by atoms with Crippen LogP contribution in [0.4, 0.5) is 17.8 Å². The monoisotopic (exact) mass is 296 g/mol. The van der Waals surface area contributed by atoms with Gasteiger partial charge in [0.1, 0.15) is 0 Å². The van der Waals surface area contributed by atoms with Gasteiger partial charge >= 0.3 is 0 Å². The van der Waals surface area contributed by atoms with Crippen LogP contribution in [0.25, 0.3) is 0 Å². The SMILES string of the molecule is CCNc1nc(NCC2(C)CCCS2)nc(N(C)C)n1. The van der Waals surface area contributed by atoms with E-state index in [9.17, 15) is 0 Å². The first-order valence-corrected chi connectivity index (χ1v) is 8.06. The molecule has 1 aromatic rings. The summed E-state index contributed by atoms with van der Waals surface area (Å²) in [6.07, 6.45) is 2.54. The highest BCUT2D eigenvalue weighted by Crippen LogP contribution is 2.37. The van der Waals surface area contributed by atoms with Gasteiger partial charge < -0.3 is 15.5 Å². The van der Waals surface area contributed by atoms with Crippen molar-refractivity contribution in [3.8, 4) is 0 Å². The molecule has 1 fully saturated rings. The van der Waals surface area contributed by atoms with Crippen LogP contribution in [0.15, 0.2) is 0 Å². The average molecular weight is 296 g/mol. The third kappa shape index (κ3) is 3.88. The van der Waals surface area contributed by atoms with Crippen LogP contribution in [0.2, 0.25) is 0 Å². The molecule has 0 spiro atoms. The van der Waals surface area contributed by atoms with Gasteiger partial charge in [-0.2, -0.15) is 26.7 Å². The van der Waals surface area contributed by atoms with E-state index in [1.165, 1.54) is 18.6 Å². The fourth-order valence-electron chi connectivity index (χ4n) is 2.12. The van der Waals surface area contributed by atoms with Crippen LogP contribution in [0.5, 0.6) is 0 Å². The van der Waals surface area contributed by atoms with E-state index in [-0.39, 0.29) is 0 Å². The zero-order valence-corrected chi connectivity index (χ0v) is 13.5. The highest BCUT2D eigenvalue weighted by Gasteiger charge is 2.29. The van der Waals surface area contributed by atoms with Gasteiger partial charge in [0.05, 0.1) is 0 Å². The van der Waals surface area contributed by atoms with Crippen molar-refractivity contribution in [2.45, 2.75) is 31.4 Å².